The lowest BCUT2D eigenvalue weighted by Crippen LogP contribution is -2.36. The van der Waals surface area contributed by atoms with Crippen molar-refractivity contribution in [2.45, 2.75) is 32.4 Å². The number of hydrogen-bond donors (Lipinski definition) is 1. The number of aromatic nitrogens is 3. The second-order valence-corrected chi connectivity index (χ2v) is 8.10. The third kappa shape index (κ3) is 4.27. The van der Waals surface area contributed by atoms with Crippen LogP contribution in [0.15, 0.2) is 42.5 Å². The maximum atomic E-state index is 14.0. The number of urea groups is 1. The van der Waals surface area contributed by atoms with Crippen molar-refractivity contribution in [3.63, 3.8) is 0 Å². The summed E-state index contributed by atoms with van der Waals surface area (Å²) < 4.78 is 16.0. The fraction of sp³-hybridized carbons (Fsp3) is 0.286. The molecule has 1 aliphatic rings. The molecule has 0 saturated carbocycles. The first-order valence-corrected chi connectivity index (χ1v) is 10.3. The molecule has 1 atom stereocenters. The summed E-state index contributed by atoms with van der Waals surface area (Å²) in [4.78, 5) is 14.6. The molecule has 1 aromatic heterocycles. The molecule has 0 radical (unpaired) electrons. The summed E-state index contributed by atoms with van der Waals surface area (Å²) in [5.74, 6) is 0.931. The molecular formula is C21H20Cl2FN5O. The highest BCUT2D eigenvalue weighted by Gasteiger charge is 2.34. The number of anilines is 1. The molecule has 0 aliphatic carbocycles. The third-order valence-corrected chi connectivity index (χ3v) is 5.69. The van der Waals surface area contributed by atoms with Gasteiger partial charge in [-0.3, -0.25) is 0 Å². The summed E-state index contributed by atoms with van der Waals surface area (Å²) in [6.07, 6.45) is 1.58. The Morgan fingerprint density at radius 3 is 2.67 bits per heavy atom. The largest absolute Gasteiger partial charge is 0.322 e. The van der Waals surface area contributed by atoms with Gasteiger partial charge in [0.15, 0.2) is 5.82 Å². The Morgan fingerprint density at radius 2 is 1.90 bits per heavy atom. The number of nitrogens with zero attached hydrogens (tertiary/aromatic N) is 4. The van der Waals surface area contributed by atoms with Gasteiger partial charge in [0.2, 0.25) is 0 Å². The SMILES string of the molecule is Cc1nnc(C2CCCN2C(=O)Nc2cc(Cl)ccc2F)n1Cc1ccc(Cl)cc1. The Morgan fingerprint density at radius 1 is 1.17 bits per heavy atom. The zero-order valence-corrected chi connectivity index (χ0v) is 17.8. The van der Waals surface area contributed by atoms with E-state index in [1.165, 1.54) is 18.2 Å². The van der Waals surface area contributed by atoms with E-state index < -0.39 is 11.8 Å². The molecule has 156 valence electrons. The van der Waals surface area contributed by atoms with Gasteiger partial charge in [-0.1, -0.05) is 35.3 Å². The molecule has 0 spiro atoms. The average Bonchev–Trinajstić information content (AvgIpc) is 3.34. The van der Waals surface area contributed by atoms with Crippen LogP contribution < -0.4 is 5.32 Å². The second kappa shape index (κ2) is 8.62. The van der Waals surface area contributed by atoms with Gasteiger partial charge < -0.3 is 14.8 Å². The number of benzene rings is 2. The number of carbonyl (C=O) groups excluding carboxylic acids is 1. The molecule has 1 saturated heterocycles. The summed E-state index contributed by atoms with van der Waals surface area (Å²) in [6, 6.07) is 11.0. The van der Waals surface area contributed by atoms with Crippen molar-refractivity contribution >= 4 is 34.9 Å². The predicted octanol–water partition coefficient (Wildman–Crippen LogP) is 5.45. The van der Waals surface area contributed by atoms with Gasteiger partial charge in [0.1, 0.15) is 11.6 Å². The average molecular weight is 448 g/mol. The number of nitrogens with one attached hydrogen (secondary N) is 1. The van der Waals surface area contributed by atoms with Gasteiger partial charge in [0.25, 0.3) is 0 Å². The third-order valence-electron chi connectivity index (χ3n) is 5.20. The van der Waals surface area contributed by atoms with Crippen LogP contribution in [0.4, 0.5) is 14.9 Å². The van der Waals surface area contributed by atoms with Crippen LogP contribution in [0.25, 0.3) is 0 Å². The monoisotopic (exact) mass is 447 g/mol. The maximum Gasteiger partial charge on any atom is 0.322 e. The maximum absolute atomic E-state index is 14.0. The first-order valence-electron chi connectivity index (χ1n) is 9.59. The molecule has 4 rings (SSSR count). The highest BCUT2D eigenvalue weighted by atomic mass is 35.5. The highest BCUT2D eigenvalue weighted by molar-refractivity contribution is 6.31. The highest BCUT2D eigenvalue weighted by Crippen LogP contribution is 2.32. The smallest absolute Gasteiger partial charge is 0.314 e. The van der Waals surface area contributed by atoms with Crippen LogP contribution in [-0.2, 0) is 6.54 Å². The van der Waals surface area contributed by atoms with Crippen molar-refractivity contribution in [2.75, 3.05) is 11.9 Å². The van der Waals surface area contributed by atoms with Crippen molar-refractivity contribution < 1.29 is 9.18 Å². The Labute approximate surface area is 183 Å². The molecule has 2 heterocycles. The van der Waals surface area contributed by atoms with Crippen LogP contribution in [0, 0.1) is 12.7 Å². The molecule has 9 heteroatoms. The predicted molar refractivity (Wildman–Crippen MR) is 114 cm³/mol. The van der Waals surface area contributed by atoms with E-state index in [1.807, 2.05) is 35.8 Å². The first-order chi connectivity index (χ1) is 14.4. The van der Waals surface area contributed by atoms with E-state index in [2.05, 4.69) is 15.5 Å². The normalized spacial score (nSPS) is 16.1. The fourth-order valence-electron chi connectivity index (χ4n) is 3.67. The van der Waals surface area contributed by atoms with Crippen molar-refractivity contribution in [1.82, 2.24) is 19.7 Å². The van der Waals surface area contributed by atoms with E-state index in [4.69, 9.17) is 23.2 Å². The quantitative estimate of drug-likeness (QED) is 0.578. The molecule has 6 nitrogen and oxygen atoms in total. The number of likely N-dealkylation sites (tertiary alicyclic amines) is 1. The summed E-state index contributed by atoms with van der Waals surface area (Å²) in [5, 5.41) is 12.2. The van der Waals surface area contributed by atoms with E-state index >= 15 is 0 Å². The summed E-state index contributed by atoms with van der Waals surface area (Å²) >= 11 is 11.9. The zero-order valence-electron chi connectivity index (χ0n) is 16.3. The number of hydrogen-bond acceptors (Lipinski definition) is 3. The molecule has 3 aromatic rings. The van der Waals surface area contributed by atoms with Crippen LogP contribution in [0.1, 0.15) is 36.1 Å². The van der Waals surface area contributed by atoms with Crippen LogP contribution in [0.2, 0.25) is 10.0 Å². The topological polar surface area (TPSA) is 63.1 Å². The molecule has 30 heavy (non-hydrogen) atoms. The Kier molecular flexibility index (Phi) is 5.92. The number of amides is 2. The zero-order chi connectivity index (χ0) is 21.3. The molecule has 2 amide bonds. The van der Waals surface area contributed by atoms with Gasteiger partial charge in [-0.05, 0) is 55.7 Å². The van der Waals surface area contributed by atoms with Gasteiger partial charge in [-0.2, -0.15) is 0 Å². The Hall–Kier alpha value is -2.64. The Balaban J connectivity index is 1.57. The lowest BCUT2D eigenvalue weighted by atomic mass is 10.2. The lowest BCUT2D eigenvalue weighted by molar-refractivity contribution is 0.203. The minimum absolute atomic E-state index is 0.0527. The fourth-order valence-corrected chi connectivity index (χ4v) is 3.97. The van der Waals surface area contributed by atoms with Gasteiger partial charge >= 0.3 is 6.03 Å². The van der Waals surface area contributed by atoms with Crippen molar-refractivity contribution in [2.24, 2.45) is 0 Å². The number of aryl methyl sites for hydroxylation is 1. The standard InChI is InChI=1S/C21H20Cl2FN5O/c1-13-26-27-20(29(13)12-14-4-6-15(22)7-5-14)19-3-2-10-28(19)21(30)25-18-11-16(23)8-9-17(18)24/h4-9,11,19H,2-3,10,12H2,1H3,(H,25,30). The molecule has 1 aliphatic heterocycles. The van der Waals surface area contributed by atoms with Gasteiger partial charge in [-0.25, -0.2) is 9.18 Å². The summed E-state index contributed by atoms with van der Waals surface area (Å²) in [6.45, 7) is 3.00. The minimum Gasteiger partial charge on any atom is -0.314 e. The van der Waals surface area contributed by atoms with E-state index in [9.17, 15) is 9.18 Å². The summed E-state index contributed by atoms with van der Waals surface area (Å²) in [7, 11) is 0. The van der Waals surface area contributed by atoms with E-state index in [0.29, 0.717) is 29.0 Å². The van der Waals surface area contributed by atoms with Crippen molar-refractivity contribution in [3.05, 3.63) is 75.5 Å². The van der Waals surface area contributed by atoms with Crippen molar-refractivity contribution in [1.29, 1.82) is 0 Å². The van der Waals surface area contributed by atoms with E-state index in [-0.39, 0.29) is 11.7 Å². The van der Waals surface area contributed by atoms with Gasteiger partial charge in [0.05, 0.1) is 18.3 Å². The van der Waals surface area contributed by atoms with Crippen LogP contribution >= 0.6 is 23.2 Å². The van der Waals surface area contributed by atoms with Crippen LogP contribution in [0.3, 0.4) is 0 Å². The second-order valence-electron chi connectivity index (χ2n) is 7.22. The van der Waals surface area contributed by atoms with Gasteiger partial charge in [-0.15, -0.1) is 10.2 Å². The Bertz CT molecular complexity index is 1070. The van der Waals surface area contributed by atoms with Crippen LogP contribution in [0.5, 0.6) is 0 Å². The van der Waals surface area contributed by atoms with Gasteiger partial charge in [0, 0.05) is 16.6 Å². The first kappa shape index (κ1) is 20.6. The van der Waals surface area contributed by atoms with Crippen molar-refractivity contribution in [3.8, 4) is 0 Å². The number of carbonyl (C=O) groups is 1. The van der Waals surface area contributed by atoms with E-state index in [1.54, 1.807) is 4.90 Å². The summed E-state index contributed by atoms with van der Waals surface area (Å²) in [5.41, 5.74) is 1.11. The molecule has 2 aromatic carbocycles. The molecule has 1 N–H and O–H groups in total. The van der Waals surface area contributed by atoms with E-state index in [0.717, 1.165) is 24.2 Å². The van der Waals surface area contributed by atoms with Crippen LogP contribution in [-0.4, -0.2) is 32.2 Å². The number of halogens is 3. The molecule has 1 unspecified atom stereocenters. The minimum atomic E-state index is -0.537. The molecule has 0 bridgehead atoms. The number of rotatable bonds is 4. The lowest BCUT2D eigenvalue weighted by Gasteiger charge is -2.25. The molecular weight excluding hydrogens is 428 g/mol. The molecule has 1 fully saturated rings.